The molecule has 0 radical (unpaired) electrons. The number of carbonyl (C=O) groups excluding carboxylic acids is 3. The zero-order valence-electron chi connectivity index (χ0n) is 12.3. The SMILES string of the molecule is COC(=O)C1CC(C)(C)C(=O)N1C(=O)OC(C)(C)C. The highest BCUT2D eigenvalue weighted by atomic mass is 16.6. The molecule has 0 aromatic heterocycles. The number of amides is 2. The number of hydrogen-bond acceptors (Lipinski definition) is 5. The summed E-state index contributed by atoms with van der Waals surface area (Å²) < 4.78 is 9.81. The molecule has 108 valence electrons. The van der Waals surface area contributed by atoms with Crippen molar-refractivity contribution in [3.8, 4) is 0 Å². The fourth-order valence-electron chi connectivity index (χ4n) is 1.98. The van der Waals surface area contributed by atoms with E-state index < -0.39 is 35.0 Å². The molecule has 1 aliphatic heterocycles. The van der Waals surface area contributed by atoms with Gasteiger partial charge >= 0.3 is 12.1 Å². The lowest BCUT2D eigenvalue weighted by Gasteiger charge is -2.26. The Labute approximate surface area is 113 Å². The zero-order valence-corrected chi connectivity index (χ0v) is 12.3. The van der Waals surface area contributed by atoms with Crippen LogP contribution in [0.2, 0.25) is 0 Å². The van der Waals surface area contributed by atoms with Crippen LogP contribution in [0.4, 0.5) is 4.79 Å². The first-order chi connectivity index (χ1) is 8.49. The van der Waals surface area contributed by atoms with E-state index in [1.807, 2.05) is 0 Å². The summed E-state index contributed by atoms with van der Waals surface area (Å²) >= 11 is 0. The van der Waals surface area contributed by atoms with Gasteiger partial charge in [0, 0.05) is 5.41 Å². The lowest BCUT2D eigenvalue weighted by Crippen LogP contribution is -2.46. The first-order valence-electron chi connectivity index (χ1n) is 6.14. The average molecular weight is 271 g/mol. The molecule has 2 amide bonds. The Morgan fingerprint density at radius 3 is 2.26 bits per heavy atom. The number of methoxy groups -OCH3 is 1. The van der Waals surface area contributed by atoms with Gasteiger partial charge in [-0.15, -0.1) is 0 Å². The third-order valence-corrected chi connectivity index (χ3v) is 2.88. The summed E-state index contributed by atoms with van der Waals surface area (Å²) in [4.78, 5) is 36.8. The summed E-state index contributed by atoms with van der Waals surface area (Å²) in [5.74, 6) is -1.03. The molecule has 0 aliphatic carbocycles. The molecule has 1 unspecified atom stereocenters. The van der Waals surface area contributed by atoms with Crippen molar-refractivity contribution in [1.29, 1.82) is 0 Å². The maximum absolute atomic E-state index is 12.2. The molecule has 1 aliphatic rings. The van der Waals surface area contributed by atoms with Crippen LogP contribution in [0.15, 0.2) is 0 Å². The van der Waals surface area contributed by atoms with E-state index in [9.17, 15) is 14.4 Å². The smallest absolute Gasteiger partial charge is 0.417 e. The van der Waals surface area contributed by atoms with Crippen molar-refractivity contribution in [2.75, 3.05) is 7.11 Å². The van der Waals surface area contributed by atoms with Gasteiger partial charge in [-0.2, -0.15) is 0 Å². The van der Waals surface area contributed by atoms with E-state index in [0.29, 0.717) is 0 Å². The second-order valence-electron chi connectivity index (χ2n) is 6.28. The lowest BCUT2D eigenvalue weighted by molar-refractivity contribution is -0.149. The summed E-state index contributed by atoms with van der Waals surface area (Å²) in [7, 11) is 1.23. The van der Waals surface area contributed by atoms with E-state index in [1.165, 1.54) is 7.11 Å². The van der Waals surface area contributed by atoms with Gasteiger partial charge in [-0.1, -0.05) is 13.8 Å². The Bertz CT molecular complexity index is 408. The molecular weight excluding hydrogens is 250 g/mol. The molecule has 0 aromatic rings. The van der Waals surface area contributed by atoms with Gasteiger partial charge < -0.3 is 9.47 Å². The Kier molecular flexibility index (Phi) is 3.93. The van der Waals surface area contributed by atoms with E-state index in [1.54, 1.807) is 34.6 Å². The average Bonchev–Trinajstić information content (AvgIpc) is 2.47. The van der Waals surface area contributed by atoms with Gasteiger partial charge in [0.1, 0.15) is 11.6 Å². The molecular formula is C13H21NO5. The van der Waals surface area contributed by atoms with Crippen molar-refractivity contribution in [2.24, 2.45) is 5.41 Å². The minimum absolute atomic E-state index is 0.234. The first kappa shape index (κ1) is 15.5. The molecule has 6 nitrogen and oxygen atoms in total. The number of esters is 1. The highest BCUT2D eigenvalue weighted by Gasteiger charge is 2.52. The molecule has 1 fully saturated rings. The van der Waals surface area contributed by atoms with Crippen LogP contribution in [0.25, 0.3) is 0 Å². The van der Waals surface area contributed by atoms with Crippen LogP contribution in [0.1, 0.15) is 41.0 Å². The van der Waals surface area contributed by atoms with Crippen molar-refractivity contribution >= 4 is 18.0 Å². The highest BCUT2D eigenvalue weighted by molar-refractivity contribution is 6.02. The van der Waals surface area contributed by atoms with Crippen LogP contribution in [-0.2, 0) is 19.1 Å². The van der Waals surface area contributed by atoms with Crippen LogP contribution in [0.3, 0.4) is 0 Å². The Hall–Kier alpha value is -1.59. The second kappa shape index (κ2) is 4.83. The fourth-order valence-corrected chi connectivity index (χ4v) is 1.98. The van der Waals surface area contributed by atoms with Crippen molar-refractivity contribution < 1.29 is 23.9 Å². The van der Waals surface area contributed by atoms with Crippen LogP contribution in [0.5, 0.6) is 0 Å². The third kappa shape index (κ3) is 3.24. The predicted molar refractivity (Wildman–Crippen MR) is 67.3 cm³/mol. The normalized spacial score (nSPS) is 22.3. The molecule has 6 heteroatoms. The number of imide groups is 1. The van der Waals surface area contributed by atoms with Crippen LogP contribution in [-0.4, -0.2) is 41.6 Å². The Balaban J connectivity index is 3.03. The number of nitrogens with zero attached hydrogens (tertiary/aromatic N) is 1. The predicted octanol–water partition coefficient (Wildman–Crippen LogP) is 1.72. The molecule has 1 heterocycles. The van der Waals surface area contributed by atoms with E-state index in [4.69, 9.17) is 4.74 Å². The second-order valence-corrected chi connectivity index (χ2v) is 6.28. The van der Waals surface area contributed by atoms with Gasteiger partial charge in [-0.25, -0.2) is 14.5 Å². The Morgan fingerprint density at radius 1 is 1.32 bits per heavy atom. The van der Waals surface area contributed by atoms with Gasteiger partial charge in [-0.3, -0.25) is 4.79 Å². The minimum atomic E-state index is -0.914. The van der Waals surface area contributed by atoms with E-state index in [-0.39, 0.29) is 6.42 Å². The summed E-state index contributed by atoms with van der Waals surface area (Å²) in [6.45, 7) is 8.47. The lowest BCUT2D eigenvalue weighted by atomic mass is 9.90. The van der Waals surface area contributed by atoms with Gasteiger partial charge in [0.25, 0.3) is 0 Å². The van der Waals surface area contributed by atoms with Gasteiger partial charge in [0.15, 0.2) is 0 Å². The molecule has 0 bridgehead atoms. The van der Waals surface area contributed by atoms with Gasteiger partial charge in [-0.05, 0) is 27.2 Å². The standard InChI is InChI=1S/C13H21NO5/c1-12(2,3)19-11(17)14-8(9(15)18-6)7-13(4,5)10(14)16/h8H,7H2,1-6H3. The molecule has 1 rings (SSSR count). The molecule has 0 N–H and O–H groups in total. The van der Waals surface area contributed by atoms with E-state index in [0.717, 1.165) is 4.90 Å². The van der Waals surface area contributed by atoms with E-state index >= 15 is 0 Å². The Morgan fingerprint density at radius 2 is 1.84 bits per heavy atom. The largest absolute Gasteiger partial charge is 0.467 e. The third-order valence-electron chi connectivity index (χ3n) is 2.88. The van der Waals surface area contributed by atoms with Crippen molar-refractivity contribution in [3.63, 3.8) is 0 Å². The molecule has 1 atom stereocenters. The number of likely N-dealkylation sites (tertiary alicyclic amines) is 1. The summed E-state index contributed by atoms with van der Waals surface area (Å²) in [6, 6.07) is -0.914. The van der Waals surface area contributed by atoms with Gasteiger partial charge in [0.2, 0.25) is 5.91 Å². The summed E-state index contributed by atoms with van der Waals surface area (Å²) in [6.07, 6.45) is -0.573. The highest BCUT2D eigenvalue weighted by Crippen LogP contribution is 2.36. The molecule has 1 saturated heterocycles. The van der Waals surface area contributed by atoms with Crippen LogP contribution in [0, 0.1) is 5.41 Å². The zero-order chi connectivity index (χ0) is 15.0. The topological polar surface area (TPSA) is 72.9 Å². The van der Waals surface area contributed by atoms with Crippen molar-refractivity contribution in [2.45, 2.75) is 52.7 Å². The van der Waals surface area contributed by atoms with E-state index in [2.05, 4.69) is 4.74 Å². The number of ether oxygens (including phenoxy) is 2. The molecule has 19 heavy (non-hydrogen) atoms. The van der Waals surface area contributed by atoms with Crippen molar-refractivity contribution in [1.82, 2.24) is 4.90 Å². The molecule has 0 spiro atoms. The minimum Gasteiger partial charge on any atom is -0.467 e. The van der Waals surface area contributed by atoms with Crippen LogP contribution >= 0.6 is 0 Å². The fraction of sp³-hybridized carbons (Fsp3) is 0.769. The number of carbonyl (C=O) groups is 3. The quantitative estimate of drug-likeness (QED) is 0.679. The molecule has 0 saturated carbocycles. The van der Waals surface area contributed by atoms with Gasteiger partial charge in [0.05, 0.1) is 7.11 Å². The number of hydrogen-bond donors (Lipinski definition) is 0. The monoisotopic (exact) mass is 271 g/mol. The summed E-state index contributed by atoms with van der Waals surface area (Å²) in [5, 5.41) is 0. The van der Waals surface area contributed by atoms with Crippen LogP contribution < -0.4 is 0 Å². The first-order valence-corrected chi connectivity index (χ1v) is 6.14. The maximum atomic E-state index is 12.2. The summed E-state index contributed by atoms with van der Waals surface area (Å²) in [5.41, 5.74) is -1.51. The molecule has 0 aromatic carbocycles. The van der Waals surface area contributed by atoms with Crippen molar-refractivity contribution in [3.05, 3.63) is 0 Å². The number of rotatable bonds is 1. The maximum Gasteiger partial charge on any atom is 0.417 e.